The van der Waals surface area contributed by atoms with Gasteiger partial charge in [-0.2, -0.15) is 0 Å². The molecule has 2 amide bonds. The van der Waals surface area contributed by atoms with Crippen molar-refractivity contribution in [1.29, 1.82) is 0 Å². The van der Waals surface area contributed by atoms with Crippen molar-refractivity contribution in [2.45, 2.75) is 34.1 Å². The second kappa shape index (κ2) is 9.39. The molecule has 0 saturated carbocycles. The fourth-order valence-electron chi connectivity index (χ4n) is 4.31. The van der Waals surface area contributed by atoms with E-state index in [0.29, 0.717) is 13.1 Å². The summed E-state index contributed by atoms with van der Waals surface area (Å²) in [5.41, 5.74) is 6.49. The minimum Gasteiger partial charge on any atom is -0.353 e. The van der Waals surface area contributed by atoms with Gasteiger partial charge >= 0.3 is 6.03 Å². The molecule has 2 heterocycles. The SMILES string of the molecule is Cc1nc(C)c(Cc2ccccc2)c(N2CCN(C(=O)Nc3c(C)cccc3C)CC2)n1. The van der Waals surface area contributed by atoms with E-state index in [2.05, 4.69) is 46.4 Å². The molecule has 0 bridgehead atoms. The minimum atomic E-state index is -0.0402. The van der Waals surface area contributed by atoms with Crippen LogP contribution in [0.1, 0.15) is 33.8 Å². The van der Waals surface area contributed by atoms with Gasteiger partial charge in [0.05, 0.1) is 0 Å². The van der Waals surface area contributed by atoms with Gasteiger partial charge in [0, 0.05) is 49.5 Å². The number of urea groups is 1. The summed E-state index contributed by atoms with van der Waals surface area (Å²) < 4.78 is 0. The molecule has 0 aliphatic carbocycles. The van der Waals surface area contributed by atoms with E-state index in [1.165, 1.54) is 5.56 Å². The zero-order valence-electron chi connectivity index (χ0n) is 19.4. The van der Waals surface area contributed by atoms with Crippen LogP contribution >= 0.6 is 0 Å². The van der Waals surface area contributed by atoms with E-state index in [4.69, 9.17) is 4.98 Å². The average Bonchev–Trinajstić information content (AvgIpc) is 2.79. The van der Waals surface area contributed by atoms with Crippen LogP contribution in [0.3, 0.4) is 0 Å². The number of piperazine rings is 1. The third kappa shape index (κ3) is 4.74. The molecule has 3 aromatic rings. The van der Waals surface area contributed by atoms with Crippen molar-refractivity contribution >= 4 is 17.5 Å². The number of para-hydroxylation sites is 1. The largest absolute Gasteiger partial charge is 0.353 e. The van der Waals surface area contributed by atoms with E-state index in [1.54, 1.807) is 0 Å². The maximum Gasteiger partial charge on any atom is 0.321 e. The lowest BCUT2D eigenvalue weighted by atomic mass is 10.0. The number of anilines is 2. The Balaban J connectivity index is 1.48. The van der Waals surface area contributed by atoms with Crippen LogP contribution in [0.2, 0.25) is 0 Å². The number of benzene rings is 2. The van der Waals surface area contributed by atoms with Gasteiger partial charge in [-0.1, -0.05) is 48.5 Å². The van der Waals surface area contributed by atoms with Gasteiger partial charge in [-0.15, -0.1) is 0 Å². The standard InChI is InChI=1S/C26H31N5O/c1-18-9-8-10-19(2)24(18)29-26(32)31-15-13-30(14-16-31)25-23(20(3)27-21(4)28-25)17-22-11-6-5-7-12-22/h5-12H,13-17H2,1-4H3,(H,29,32). The van der Waals surface area contributed by atoms with Gasteiger partial charge in [0.25, 0.3) is 0 Å². The van der Waals surface area contributed by atoms with E-state index in [-0.39, 0.29) is 6.03 Å². The molecular weight excluding hydrogens is 398 g/mol. The maximum absolute atomic E-state index is 12.9. The number of hydrogen-bond donors (Lipinski definition) is 1. The summed E-state index contributed by atoms with van der Waals surface area (Å²) in [6.45, 7) is 10.9. The summed E-state index contributed by atoms with van der Waals surface area (Å²) in [6.07, 6.45) is 0.801. The summed E-state index contributed by atoms with van der Waals surface area (Å²) in [4.78, 5) is 26.5. The third-order valence-corrected chi connectivity index (χ3v) is 6.11. The molecule has 6 nitrogen and oxygen atoms in total. The van der Waals surface area contributed by atoms with Crippen molar-refractivity contribution in [3.63, 3.8) is 0 Å². The summed E-state index contributed by atoms with van der Waals surface area (Å²) in [5, 5.41) is 3.11. The Morgan fingerprint density at radius 2 is 1.53 bits per heavy atom. The number of rotatable bonds is 4. The quantitative estimate of drug-likeness (QED) is 0.656. The molecule has 32 heavy (non-hydrogen) atoms. The van der Waals surface area contributed by atoms with Crippen molar-refractivity contribution in [3.05, 3.63) is 82.3 Å². The maximum atomic E-state index is 12.9. The monoisotopic (exact) mass is 429 g/mol. The number of amides is 2. The normalized spacial score (nSPS) is 13.9. The molecule has 1 saturated heterocycles. The Hall–Kier alpha value is -3.41. The molecule has 2 aromatic carbocycles. The van der Waals surface area contributed by atoms with E-state index in [1.807, 2.05) is 49.9 Å². The second-order valence-electron chi connectivity index (χ2n) is 8.49. The summed E-state index contributed by atoms with van der Waals surface area (Å²) in [5.74, 6) is 1.78. The molecule has 0 radical (unpaired) electrons. The number of nitrogens with one attached hydrogen (secondary N) is 1. The summed E-state index contributed by atoms with van der Waals surface area (Å²) in [6, 6.07) is 16.5. The molecule has 1 aliphatic rings. The average molecular weight is 430 g/mol. The molecule has 1 aliphatic heterocycles. The van der Waals surface area contributed by atoms with Crippen molar-refractivity contribution in [1.82, 2.24) is 14.9 Å². The van der Waals surface area contributed by atoms with Crippen molar-refractivity contribution < 1.29 is 4.79 Å². The van der Waals surface area contributed by atoms with E-state index in [0.717, 1.165) is 59.2 Å². The third-order valence-electron chi connectivity index (χ3n) is 6.11. The van der Waals surface area contributed by atoms with Gasteiger partial charge in [0.15, 0.2) is 0 Å². The van der Waals surface area contributed by atoms with Crippen molar-refractivity contribution in [2.75, 3.05) is 36.4 Å². The van der Waals surface area contributed by atoms with Gasteiger partial charge in [0.2, 0.25) is 0 Å². The number of carbonyl (C=O) groups excluding carboxylic acids is 1. The van der Waals surface area contributed by atoms with Crippen molar-refractivity contribution in [2.24, 2.45) is 0 Å². The van der Waals surface area contributed by atoms with Gasteiger partial charge in [-0.25, -0.2) is 14.8 Å². The second-order valence-corrected chi connectivity index (χ2v) is 8.49. The highest BCUT2D eigenvalue weighted by molar-refractivity contribution is 5.91. The van der Waals surface area contributed by atoms with Crippen LogP contribution in [0, 0.1) is 27.7 Å². The van der Waals surface area contributed by atoms with Crippen LogP contribution in [0.5, 0.6) is 0 Å². The lowest BCUT2D eigenvalue weighted by Gasteiger charge is -2.36. The smallest absolute Gasteiger partial charge is 0.321 e. The fourth-order valence-corrected chi connectivity index (χ4v) is 4.31. The van der Waals surface area contributed by atoms with Gasteiger partial charge in [0.1, 0.15) is 11.6 Å². The zero-order chi connectivity index (χ0) is 22.7. The highest BCUT2D eigenvalue weighted by Crippen LogP contribution is 2.26. The predicted molar refractivity (Wildman–Crippen MR) is 129 cm³/mol. The lowest BCUT2D eigenvalue weighted by Crippen LogP contribution is -2.50. The number of hydrogen-bond acceptors (Lipinski definition) is 4. The van der Waals surface area contributed by atoms with Gasteiger partial charge < -0.3 is 15.1 Å². The molecule has 6 heteroatoms. The Morgan fingerprint density at radius 1 is 0.875 bits per heavy atom. The summed E-state index contributed by atoms with van der Waals surface area (Å²) in [7, 11) is 0. The topological polar surface area (TPSA) is 61.4 Å². The predicted octanol–water partition coefficient (Wildman–Crippen LogP) is 4.66. The Kier molecular flexibility index (Phi) is 6.40. The Labute approximate surface area is 190 Å². The number of carbonyl (C=O) groups is 1. The van der Waals surface area contributed by atoms with Crippen molar-refractivity contribution in [3.8, 4) is 0 Å². The molecule has 0 atom stereocenters. The molecule has 166 valence electrons. The summed E-state index contributed by atoms with van der Waals surface area (Å²) >= 11 is 0. The van der Waals surface area contributed by atoms with Crippen LogP contribution < -0.4 is 10.2 Å². The van der Waals surface area contributed by atoms with Crippen LogP contribution in [0.25, 0.3) is 0 Å². The fraction of sp³-hybridized carbons (Fsp3) is 0.346. The van der Waals surface area contributed by atoms with Crippen LogP contribution in [0.15, 0.2) is 48.5 Å². The van der Waals surface area contributed by atoms with E-state index in [9.17, 15) is 4.79 Å². The first-order valence-electron chi connectivity index (χ1n) is 11.2. The Bertz CT molecular complexity index is 1080. The van der Waals surface area contributed by atoms with Gasteiger partial charge in [-0.05, 0) is 44.4 Å². The first-order chi connectivity index (χ1) is 15.4. The Morgan fingerprint density at radius 3 is 2.19 bits per heavy atom. The molecule has 0 unspecified atom stereocenters. The molecule has 1 fully saturated rings. The van der Waals surface area contributed by atoms with E-state index < -0.39 is 0 Å². The number of aryl methyl sites for hydroxylation is 4. The van der Waals surface area contributed by atoms with Crippen LogP contribution in [0.4, 0.5) is 16.3 Å². The molecule has 0 spiro atoms. The number of aromatic nitrogens is 2. The zero-order valence-corrected chi connectivity index (χ0v) is 19.4. The highest BCUT2D eigenvalue weighted by atomic mass is 16.2. The minimum absolute atomic E-state index is 0.0402. The molecular formula is C26H31N5O. The molecule has 1 N–H and O–H groups in total. The van der Waals surface area contributed by atoms with Crippen LogP contribution in [-0.2, 0) is 6.42 Å². The van der Waals surface area contributed by atoms with E-state index >= 15 is 0 Å². The molecule has 4 rings (SSSR count). The van der Waals surface area contributed by atoms with Gasteiger partial charge in [-0.3, -0.25) is 0 Å². The molecule has 1 aromatic heterocycles. The van der Waals surface area contributed by atoms with Crippen LogP contribution in [-0.4, -0.2) is 47.1 Å². The first-order valence-corrected chi connectivity index (χ1v) is 11.2. The first kappa shape index (κ1) is 21.8. The highest BCUT2D eigenvalue weighted by Gasteiger charge is 2.25. The lowest BCUT2D eigenvalue weighted by molar-refractivity contribution is 0.208. The number of nitrogens with zero attached hydrogens (tertiary/aromatic N) is 4.